The van der Waals surface area contributed by atoms with Crippen molar-refractivity contribution in [3.8, 4) is 11.4 Å². The van der Waals surface area contributed by atoms with E-state index in [1.54, 1.807) is 0 Å². The van der Waals surface area contributed by atoms with Crippen molar-refractivity contribution in [2.75, 3.05) is 0 Å². The van der Waals surface area contributed by atoms with Crippen molar-refractivity contribution < 1.29 is 0 Å². The van der Waals surface area contributed by atoms with E-state index in [0.29, 0.717) is 16.2 Å². The van der Waals surface area contributed by atoms with Gasteiger partial charge in [0.15, 0.2) is 0 Å². The molecule has 0 aliphatic heterocycles. The van der Waals surface area contributed by atoms with Crippen molar-refractivity contribution in [3.05, 3.63) is 50.3 Å². The molecule has 20 heavy (non-hydrogen) atoms. The molecule has 0 spiro atoms. The quantitative estimate of drug-likeness (QED) is 0.901. The highest BCUT2D eigenvalue weighted by molar-refractivity contribution is 9.10. The lowest BCUT2D eigenvalue weighted by Crippen LogP contribution is -2.14. The van der Waals surface area contributed by atoms with E-state index in [2.05, 4.69) is 51.9 Å². The number of rotatable bonds is 3. The molecule has 1 aromatic carbocycles. The van der Waals surface area contributed by atoms with Gasteiger partial charge in [-0.25, -0.2) is 4.98 Å². The lowest BCUT2D eigenvalue weighted by atomic mass is 10.0. The third-order valence-corrected chi connectivity index (χ3v) is 4.05. The van der Waals surface area contributed by atoms with Crippen molar-refractivity contribution >= 4 is 15.9 Å². The molecule has 0 saturated heterocycles. The first-order valence-electron chi connectivity index (χ1n) is 6.80. The van der Waals surface area contributed by atoms with Crippen LogP contribution < -0.4 is 5.56 Å². The lowest BCUT2D eigenvalue weighted by molar-refractivity contribution is 0.803. The Morgan fingerprint density at radius 1 is 1.05 bits per heavy atom. The Balaban J connectivity index is 2.50. The van der Waals surface area contributed by atoms with Gasteiger partial charge < -0.3 is 4.98 Å². The minimum atomic E-state index is -0.133. The molecule has 1 N–H and O–H groups in total. The van der Waals surface area contributed by atoms with Gasteiger partial charge in [-0.3, -0.25) is 4.79 Å². The highest BCUT2D eigenvalue weighted by Gasteiger charge is 2.13. The Hall–Kier alpha value is -1.42. The number of H-pyrrole nitrogens is 1. The predicted octanol–water partition coefficient (Wildman–Crippen LogP) is 4.45. The topological polar surface area (TPSA) is 45.8 Å². The summed E-state index contributed by atoms with van der Waals surface area (Å²) in [5, 5.41) is 0. The van der Waals surface area contributed by atoms with Crippen LogP contribution in [0.2, 0.25) is 0 Å². The molecule has 2 aromatic rings. The van der Waals surface area contributed by atoms with Crippen molar-refractivity contribution in [3.63, 3.8) is 0 Å². The molecule has 2 rings (SSSR count). The van der Waals surface area contributed by atoms with Crippen LogP contribution in [0.3, 0.4) is 0 Å². The third kappa shape index (κ3) is 3.01. The maximum absolute atomic E-state index is 12.0. The first-order chi connectivity index (χ1) is 9.40. The maximum atomic E-state index is 12.0. The van der Waals surface area contributed by atoms with E-state index < -0.39 is 0 Å². The predicted molar refractivity (Wildman–Crippen MR) is 86.2 cm³/mol. The SMILES string of the molecule is CC(C)c1ccc(-c2nc(C(C)C)c(Br)c(=O)[nH]2)cc1. The Labute approximate surface area is 127 Å². The zero-order chi connectivity index (χ0) is 14.9. The molecule has 106 valence electrons. The molecule has 0 unspecified atom stereocenters. The summed E-state index contributed by atoms with van der Waals surface area (Å²) < 4.78 is 0.523. The van der Waals surface area contributed by atoms with Gasteiger partial charge in [0.05, 0.1) is 5.69 Å². The number of aromatic amines is 1. The molecule has 0 aliphatic rings. The van der Waals surface area contributed by atoms with Gasteiger partial charge in [-0.1, -0.05) is 52.0 Å². The van der Waals surface area contributed by atoms with Crippen molar-refractivity contribution in [2.45, 2.75) is 39.5 Å². The summed E-state index contributed by atoms with van der Waals surface area (Å²) in [6.45, 7) is 8.37. The molecular weight excluding hydrogens is 316 g/mol. The van der Waals surface area contributed by atoms with E-state index in [1.807, 2.05) is 26.0 Å². The molecule has 0 aliphatic carbocycles. The van der Waals surface area contributed by atoms with Crippen LogP contribution in [-0.2, 0) is 0 Å². The molecule has 3 nitrogen and oxygen atoms in total. The van der Waals surface area contributed by atoms with Crippen LogP contribution in [-0.4, -0.2) is 9.97 Å². The second-order valence-electron chi connectivity index (χ2n) is 5.55. The van der Waals surface area contributed by atoms with Gasteiger partial charge in [0.2, 0.25) is 0 Å². The number of halogens is 1. The van der Waals surface area contributed by atoms with E-state index in [1.165, 1.54) is 5.56 Å². The lowest BCUT2D eigenvalue weighted by Gasteiger charge is -2.10. The maximum Gasteiger partial charge on any atom is 0.265 e. The minimum Gasteiger partial charge on any atom is -0.306 e. The Kier molecular flexibility index (Phi) is 4.43. The molecule has 4 heteroatoms. The molecule has 0 saturated carbocycles. The van der Waals surface area contributed by atoms with Gasteiger partial charge in [-0.05, 0) is 33.3 Å². The van der Waals surface area contributed by atoms with Gasteiger partial charge in [-0.2, -0.15) is 0 Å². The summed E-state index contributed by atoms with van der Waals surface area (Å²) in [5.74, 6) is 1.31. The van der Waals surface area contributed by atoms with E-state index >= 15 is 0 Å². The van der Waals surface area contributed by atoms with Crippen molar-refractivity contribution in [1.82, 2.24) is 9.97 Å². The summed E-state index contributed by atoms with van der Waals surface area (Å²) in [4.78, 5) is 19.4. The van der Waals surface area contributed by atoms with E-state index in [4.69, 9.17) is 0 Å². The molecule has 0 radical (unpaired) electrons. The summed E-state index contributed by atoms with van der Waals surface area (Å²) >= 11 is 3.31. The van der Waals surface area contributed by atoms with Gasteiger partial charge in [0.25, 0.3) is 5.56 Å². The number of benzene rings is 1. The Morgan fingerprint density at radius 2 is 1.65 bits per heavy atom. The normalized spacial score (nSPS) is 11.3. The molecule has 1 aromatic heterocycles. The van der Waals surface area contributed by atoms with Crippen LogP contribution in [0.4, 0.5) is 0 Å². The average molecular weight is 335 g/mol. The third-order valence-electron chi connectivity index (χ3n) is 3.29. The zero-order valence-corrected chi connectivity index (χ0v) is 13.8. The highest BCUT2D eigenvalue weighted by Crippen LogP contribution is 2.23. The standard InChI is InChI=1S/C16H19BrN2O/c1-9(2)11-5-7-12(8-6-11)15-18-14(10(3)4)13(17)16(20)19-15/h5-10H,1-4H3,(H,18,19,20). The second kappa shape index (κ2) is 5.92. The first-order valence-corrected chi connectivity index (χ1v) is 7.59. The van der Waals surface area contributed by atoms with E-state index in [9.17, 15) is 4.79 Å². The smallest absolute Gasteiger partial charge is 0.265 e. The molecule has 0 bridgehead atoms. The van der Waals surface area contributed by atoms with E-state index in [0.717, 1.165) is 11.3 Å². The molecule has 0 atom stereocenters. The summed E-state index contributed by atoms with van der Waals surface area (Å²) in [7, 11) is 0. The second-order valence-corrected chi connectivity index (χ2v) is 6.34. The van der Waals surface area contributed by atoms with Gasteiger partial charge >= 0.3 is 0 Å². The number of nitrogens with one attached hydrogen (secondary N) is 1. The van der Waals surface area contributed by atoms with Gasteiger partial charge in [0.1, 0.15) is 10.3 Å². The summed E-state index contributed by atoms with van der Waals surface area (Å²) in [6, 6.07) is 8.17. The van der Waals surface area contributed by atoms with Crippen LogP contribution in [0.1, 0.15) is 50.8 Å². The van der Waals surface area contributed by atoms with Gasteiger partial charge in [-0.15, -0.1) is 0 Å². The van der Waals surface area contributed by atoms with Crippen LogP contribution in [0.15, 0.2) is 33.5 Å². The monoisotopic (exact) mass is 334 g/mol. The zero-order valence-electron chi connectivity index (χ0n) is 12.2. The Bertz CT molecular complexity index is 657. The fourth-order valence-corrected chi connectivity index (χ4v) is 2.67. The highest BCUT2D eigenvalue weighted by atomic mass is 79.9. The summed E-state index contributed by atoms with van der Waals surface area (Å²) in [5.41, 5.74) is 2.86. The number of hydrogen-bond acceptors (Lipinski definition) is 2. The number of aromatic nitrogens is 2. The summed E-state index contributed by atoms with van der Waals surface area (Å²) in [6.07, 6.45) is 0. The number of nitrogens with zero attached hydrogens (tertiary/aromatic N) is 1. The first kappa shape index (κ1) is 15.0. The van der Waals surface area contributed by atoms with Crippen LogP contribution in [0.25, 0.3) is 11.4 Å². The minimum absolute atomic E-state index is 0.133. The molecule has 0 fully saturated rings. The molecule has 0 amide bonds. The largest absolute Gasteiger partial charge is 0.306 e. The average Bonchev–Trinajstić information content (AvgIpc) is 2.41. The van der Waals surface area contributed by atoms with Crippen molar-refractivity contribution in [1.29, 1.82) is 0 Å². The number of hydrogen-bond donors (Lipinski definition) is 1. The van der Waals surface area contributed by atoms with Gasteiger partial charge in [0, 0.05) is 5.56 Å². The van der Waals surface area contributed by atoms with Crippen molar-refractivity contribution in [2.24, 2.45) is 0 Å². The van der Waals surface area contributed by atoms with E-state index in [-0.39, 0.29) is 11.5 Å². The fraction of sp³-hybridized carbons (Fsp3) is 0.375. The van der Waals surface area contributed by atoms with Crippen LogP contribution >= 0.6 is 15.9 Å². The van der Waals surface area contributed by atoms with Crippen LogP contribution in [0.5, 0.6) is 0 Å². The Morgan fingerprint density at radius 3 is 2.15 bits per heavy atom. The fourth-order valence-electron chi connectivity index (χ4n) is 2.02. The molecular formula is C16H19BrN2O. The van der Waals surface area contributed by atoms with Crippen LogP contribution in [0, 0.1) is 0 Å². The molecule has 1 heterocycles.